The van der Waals surface area contributed by atoms with Crippen LogP contribution in [0.4, 0.5) is 0 Å². The molecule has 2 N–H and O–H groups in total. The van der Waals surface area contributed by atoms with Gasteiger partial charge >= 0.3 is 5.97 Å². The summed E-state index contributed by atoms with van der Waals surface area (Å²) >= 11 is 1.32. The van der Waals surface area contributed by atoms with Gasteiger partial charge in [-0.2, -0.15) is 0 Å². The molecule has 1 aromatic heterocycles. The summed E-state index contributed by atoms with van der Waals surface area (Å²) in [6.45, 7) is 10.1. The van der Waals surface area contributed by atoms with E-state index in [1.165, 1.54) is 11.3 Å². The Bertz CT molecular complexity index is 412. The zero-order valence-corrected chi connectivity index (χ0v) is 12.2. The Morgan fingerprint density at radius 3 is 2.72 bits per heavy atom. The molecule has 1 rings (SSSR count). The Morgan fingerprint density at radius 1 is 1.56 bits per heavy atom. The van der Waals surface area contributed by atoms with Gasteiger partial charge in [-0.3, -0.25) is 0 Å². The monoisotopic (exact) mass is 271 g/mol. The van der Waals surface area contributed by atoms with Crippen LogP contribution in [0.15, 0.2) is 6.07 Å². The predicted octanol–water partition coefficient (Wildman–Crippen LogP) is 2.66. The fraction of sp³-hybridized carbons (Fsp3) is 0.615. The first-order chi connectivity index (χ1) is 8.35. The van der Waals surface area contributed by atoms with Gasteiger partial charge in [0.25, 0.3) is 0 Å². The van der Waals surface area contributed by atoms with Crippen LogP contribution in [-0.4, -0.2) is 29.8 Å². The second-order valence-corrected chi connectivity index (χ2v) is 6.05. The molecule has 0 spiro atoms. The van der Waals surface area contributed by atoms with Crippen LogP contribution >= 0.6 is 11.3 Å². The van der Waals surface area contributed by atoms with Gasteiger partial charge in [0.15, 0.2) is 0 Å². The number of hydrogen-bond donors (Lipinski definition) is 2. The summed E-state index contributed by atoms with van der Waals surface area (Å²) in [6, 6.07) is 1.74. The molecule has 0 aromatic carbocycles. The number of aromatic carboxylic acids is 1. The lowest BCUT2D eigenvalue weighted by molar-refractivity contribution is -0.00898. The number of nitrogens with one attached hydrogen (secondary N) is 1. The Kier molecular flexibility index (Phi) is 5.31. The average molecular weight is 271 g/mol. The third-order valence-electron chi connectivity index (χ3n) is 2.63. The first-order valence-corrected chi connectivity index (χ1v) is 6.84. The summed E-state index contributed by atoms with van der Waals surface area (Å²) in [7, 11) is 0. The lowest BCUT2D eigenvalue weighted by Gasteiger charge is -2.25. The molecule has 102 valence electrons. The van der Waals surface area contributed by atoms with Crippen molar-refractivity contribution in [1.29, 1.82) is 0 Å². The van der Waals surface area contributed by atoms with Crippen LogP contribution in [0.3, 0.4) is 0 Å². The van der Waals surface area contributed by atoms with Gasteiger partial charge < -0.3 is 15.2 Å². The molecule has 0 aliphatic carbocycles. The van der Waals surface area contributed by atoms with E-state index in [0.29, 0.717) is 18.0 Å². The molecule has 18 heavy (non-hydrogen) atoms. The molecule has 0 saturated heterocycles. The molecule has 1 heterocycles. The number of carbonyl (C=O) groups is 1. The second kappa shape index (κ2) is 6.31. The molecular formula is C13H21NO3S. The maximum Gasteiger partial charge on any atom is 0.345 e. The summed E-state index contributed by atoms with van der Waals surface area (Å²) in [5.41, 5.74) is 0.846. The number of thiophene rings is 1. The van der Waals surface area contributed by atoms with Gasteiger partial charge in [-0.25, -0.2) is 4.79 Å². The average Bonchev–Trinajstić information content (AvgIpc) is 2.60. The third kappa shape index (κ3) is 4.40. The molecule has 5 heteroatoms. The molecule has 0 fully saturated rings. The number of aryl methyl sites for hydroxylation is 1. The summed E-state index contributed by atoms with van der Waals surface area (Å²) in [6.07, 6.45) is 0. The molecule has 0 saturated carbocycles. The van der Waals surface area contributed by atoms with E-state index in [9.17, 15) is 4.79 Å². The molecule has 4 nitrogen and oxygen atoms in total. The smallest absolute Gasteiger partial charge is 0.345 e. The summed E-state index contributed by atoms with van der Waals surface area (Å²) in [5, 5.41) is 12.2. The molecule has 0 radical (unpaired) electrons. The van der Waals surface area contributed by atoms with Gasteiger partial charge in [0.05, 0.1) is 5.60 Å². The van der Waals surface area contributed by atoms with E-state index < -0.39 is 5.97 Å². The Hall–Kier alpha value is -0.910. The standard InChI is InChI=1S/C13H21NO3S/c1-5-17-13(3,4)8-14-7-10-6-11(12(15)16)18-9(10)2/h6,14H,5,7-8H2,1-4H3,(H,15,16). The van der Waals surface area contributed by atoms with Crippen molar-refractivity contribution in [2.45, 2.75) is 39.8 Å². The van der Waals surface area contributed by atoms with E-state index in [0.717, 1.165) is 17.0 Å². The zero-order chi connectivity index (χ0) is 13.8. The van der Waals surface area contributed by atoms with Crippen LogP contribution < -0.4 is 5.32 Å². The molecule has 0 aliphatic rings. The quantitative estimate of drug-likeness (QED) is 0.800. The normalized spacial score (nSPS) is 11.8. The van der Waals surface area contributed by atoms with Crippen LogP contribution in [0.5, 0.6) is 0 Å². The topological polar surface area (TPSA) is 58.6 Å². The molecule has 0 bridgehead atoms. The van der Waals surface area contributed by atoms with Gasteiger partial charge in [0, 0.05) is 24.6 Å². The van der Waals surface area contributed by atoms with Crippen molar-refractivity contribution < 1.29 is 14.6 Å². The van der Waals surface area contributed by atoms with Gasteiger partial charge in [-0.15, -0.1) is 11.3 Å². The second-order valence-electron chi connectivity index (χ2n) is 4.79. The van der Waals surface area contributed by atoms with Crippen LogP contribution in [0.25, 0.3) is 0 Å². The highest BCUT2D eigenvalue weighted by molar-refractivity contribution is 7.14. The fourth-order valence-electron chi connectivity index (χ4n) is 1.74. The maximum atomic E-state index is 10.9. The molecular weight excluding hydrogens is 250 g/mol. The van der Waals surface area contributed by atoms with Crippen molar-refractivity contribution in [3.05, 3.63) is 21.4 Å². The van der Waals surface area contributed by atoms with Gasteiger partial charge in [0.1, 0.15) is 4.88 Å². The minimum atomic E-state index is -0.857. The van der Waals surface area contributed by atoms with E-state index >= 15 is 0 Å². The van der Waals surface area contributed by atoms with E-state index in [2.05, 4.69) is 5.32 Å². The molecule has 1 aromatic rings. The third-order valence-corrected chi connectivity index (χ3v) is 3.71. The number of rotatable bonds is 7. The van der Waals surface area contributed by atoms with Crippen LogP contribution in [-0.2, 0) is 11.3 Å². The molecule has 0 atom stereocenters. The lowest BCUT2D eigenvalue weighted by atomic mass is 10.1. The highest BCUT2D eigenvalue weighted by Crippen LogP contribution is 2.21. The molecule has 0 aliphatic heterocycles. The van der Waals surface area contributed by atoms with Crippen molar-refractivity contribution >= 4 is 17.3 Å². The SMILES string of the molecule is CCOC(C)(C)CNCc1cc(C(=O)O)sc1C. The maximum absolute atomic E-state index is 10.9. The van der Waals surface area contributed by atoms with E-state index in [-0.39, 0.29) is 5.60 Å². The van der Waals surface area contributed by atoms with Crippen molar-refractivity contribution in [2.24, 2.45) is 0 Å². The minimum absolute atomic E-state index is 0.200. The van der Waals surface area contributed by atoms with Crippen molar-refractivity contribution in [2.75, 3.05) is 13.2 Å². The Morgan fingerprint density at radius 2 is 2.22 bits per heavy atom. The minimum Gasteiger partial charge on any atom is -0.477 e. The van der Waals surface area contributed by atoms with Crippen LogP contribution in [0, 0.1) is 6.92 Å². The van der Waals surface area contributed by atoms with Crippen molar-refractivity contribution in [3.8, 4) is 0 Å². The number of carboxylic acid groups (broad SMARTS) is 1. The van der Waals surface area contributed by atoms with Gasteiger partial charge in [-0.05, 0) is 39.3 Å². The fourth-order valence-corrected chi connectivity index (χ4v) is 2.62. The van der Waals surface area contributed by atoms with Crippen LogP contribution in [0.1, 0.15) is 40.9 Å². The predicted molar refractivity (Wildman–Crippen MR) is 73.4 cm³/mol. The van der Waals surface area contributed by atoms with Gasteiger partial charge in [-0.1, -0.05) is 0 Å². The summed E-state index contributed by atoms with van der Waals surface area (Å²) in [5.74, 6) is -0.857. The number of hydrogen-bond acceptors (Lipinski definition) is 4. The number of carboxylic acids is 1. The van der Waals surface area contributed by atoms with Crippen LogP contribution in [0.2, 0.25) is 0 Å². The Balaban J connectivity index is 2.51. The largest absolute Gasteiger partial charge is 0.477 e. The van der Waals surface area contributed by atoms with Crippen molar-refractivity contribution in [3.63, 3.8) is 0 Å². The molecule has 0 unspecified atom stereocenters. The zero-order valence-electron chi connectivity index (χ0n) is 11.4. The van der Waals surface area contributed by atoms with E-state index in [4.69, 9.17) is 9.84 Å². The van der Waals surface area contributed by atoms with Gasteiger partial charge in [0.2, 0.25) is 0 Å². The first-order valence-electron chi connectivity index (χ1n) is 6.03. The first kappa shape index (κ1) is 15.1. The number of ether oxygens (including phenoxy) is 1. The highest BCUT2D eigenvalue weighted by Gasteiger charge is 2.17. The highest BCUT2D eigenvalue weighted by atomic mass is 32.1. The Labute approximate surface area is 112 Å². The van der Waals surface area contributed by atoms with E-state index in [1.807, 2.05) is 27.7 Å². The van der Waals surface area contributed by atoms with Crippen molar-refractivity contribution in [1.82, 2.24) is 5.32 Å². The lowest BCUT2D eigenvalue weighted by Crippen LogP contribution is -2.37. The van der Waals surface area contributed by atoms with E-state index in [1.54, 1.807) is 6.07 Å². The summed E-state index contributed by atoms with van der Waals surface area (Å²) in [4.78, 5) is 12.3. The molecule has 0 amide bonds. The summed E-state index contributed by atoms with van der Waals surface area (Å²) < 4.78 is 5.59.